The van der Waals surface area contributed by atoms with E-state index in [9.17, 15) is 5.11 Å². The van der Waals surface area contributed by atoms with Gasteiger partial charge in [-0.1, -0.05) is 13.8 Å². The summed E-state index contributed by atoms with van der Waals surface area (Å²) in [5.41, 5.74) is 0.0470. The van der Waals surface area contributed by atoms with E-state index < -0.39 is 0 Å². The molecule has 1 unspecified atom stereocenters. The van der Waals surface area contributed by atoms with Gasteiger partial charge in [0.2, 0.25) is 0 Å². The molecule has 1 heterocycles. The van der Waals surface area contributed by atoms with Crippen molar-refractivity contribution in [2.75, 3.05) is 59.6 Å². The van der Waals surface area contributed by atoms with Gasteiger partial charge in [0.1, 0.15) is 0 Å². The van der Waals surface area contributed by atoms with Gasteiger partial charge in [-0.25, -0.2) is 0 Å². The van der Waals surface area contributed by atoms with Crippen LogP contribution in [0.5, 0.6) is 0 Å². The number of nitrogens with zero attached hydrogens (tertiary/aromatic N) is 2. The number of hydrogen-bond acceptors (Lipinski definition) is 4. The fourth-order valence-electron chi connectivity index (χ4n) is 3.28. The second-order valence-corrected chi connectivity index (χ2v) is 6.82. The van der Waals surface area contributed by atoms with Crippen LogP contribution >= 0.6 is 24.0 Å². The van der Waals surface area contributed by atoms with Crippen molar-refractivity contribution in [2.24, 2.45) is 10.4 Å². The molecular weight excluding hydrogens is 431 g/mol. The molecule has 0 saturated carbocycles. The van der Waals surface area contributed by atoms with E-state index in [1.807, 2.05) is 0 Å². The zero-order chi connectivity index (χ0) is 17.7. The van der Waals surface area contributed by atoms with Crippen LogP contribution in [-0.2, 0) is 4.74 Å². The van der Waals surface area contributed by atoms with E-state index in [1.165, 1.54) is 25.9 Å². The molecule has 1 fully saturated rings. The van der Waals surface area contributed by atoms with Crippen molar-refractivity contribution in [1.82, 2.24) is 15.5 Å². The van der Waals surface area contributed by atoms with E-state index >= 15 is 0 Å². The lowest BCUT2D eigenvalue weighted by Gasteiger charge is -2.28. The van der Waals surface area contributed by atoms with Gasteiger partial charge < -0.3 is 25.4 Å². The highest BCUT2D eigenvalue weighted by Gasteiger charge is 2.34. The molecule has 25 heavy (non-hydrogen) atoms. The molecule has 1 atom stereocenters. The quantitative estimate of drug-likeness (QED) is 0.176. The number of aliphatic imine (C=N–C) groups is 1. The minimum atomic E-state index is 0. The van der Waals surface area contributed by atoms with Crippen LogP contribution in [0.3, 0.4) is 0 Å². The fourth-order valence-corrected chi connectivity index (χ4v) is 3.28. The first kappa shape index (κ1) is 24.9. The van der Waals surface area contributed by atoms with Crippen molar-refractivity contribution in [3.63, 3.8) is 0 Å². The van der Waals surface area contributed by atoms with Crippen molar-refractivity contribution < 1.29 is 9.84 Å². The van der Waals surface area contributed by atoms with Crippen molar-refractivity contribution in [3.8, 4) is 0 Å². The maximum atomic E-state index is 9.29. The number of ether oxygens (including phenoxy) is 1. The number of guanidine groups is 1. The van der Waals surface area contributed by atoms with E-state index in [-0.39, 0.29) is 36.0 Å². The summed E-state index contributed by atoms with van der Waals surface area (Å²) in [5, 5.41) is 16.1. The van der Waals surface area contributed by atoms with Crippen LogP contribution < -0.4 is 10.6 Å². The van der Waals surface area contributed by atoms with Crippen molar-refractivity contribution in [1.29, 1.82) is 0 Å². The second-order valence-electron chi connectivity index (χ2n) is 6.82. The highest BCUT2D eigenvalue weighted by molar-refractivity contribution is 14.0. The molecule has 0 aromatic carbocycles. The lowest BCUT2D eigenvalue weighted by atomic mass is 9.84. The molecule has 1 saturated heterocycles. The lowest BCUT2D eigenvalue weighted by molar-refractivity contribution is 0.127. The molecule has 0 bridgehead atoms. The van der Waals surface area contributed by atoms with Crippen molar-refractivity contribution in [2.45, 2.75) is 46.0 Å². The Morgan fingerprint density at radius 2 is 1.92 bits per heavy atom. The molecule has 0 radical (unpaired) electrons. The van der Waals surface area contributed by atoms with Gasteiger partial charge in [0.05, 0.1) is 6.61 Å². The fraction of sp³-hybridized carbons (Fsp3) is 0.944. The Hall–Kier alpha value is -0.120. The third kappa shape index (κ3) is 9.96. The summed E-state index contributed by atoms with van der Waals surface area (Å²) in [7, 11) is 1.81. The maximum Gasteiger partial charge on any atom is 0.190 e. The van der Waals surface area contributed by atoms with Crippen LogP contribution in [0.25, 0.3) is 0 Å². The van der Waals surface area contributed by atoms with Crippen LogP contribution in [0.2, 0.25) is 0 Å². The zero-order valence-electron chi connectivity index (χ0n) is 16.4. The Bertz CT molecular complexity index is 344. The molecule has 7 heteroatoms. The molecule has 6 nitrogen and oxygen atoms in total. The van der Waals surface area contributed by atoms with Crippen LogP contribution in [0.1, 0.15) is 46.0 Å². The SMILES string of the molecule is CCCN(CCC)CCCNC(=NC)NCC1(CCO)CCOC1.I. The first-order valence-corrected chi connectivity index (χ1v) is 9.55. The number of nitrogens with one attached hydrogen (secondary N) is 2. The summed E-state index contributed by atoms with van der Waals surface area (Å²) in [6.07, 6.45) is 5.32. The molecule has 1 aliphatic heterocycles. The number of aliphatic hydroxyl groups excluding tert-OH is 1. The highest BCUT2D eigenvalue weighted by atomic mass is 127. The molecule has 0 spiro atoms. The number of hydrogen-bond donors (Lipinski definition) is 3. The largest absolute Gasteiger partial charge is 0.396 e. The average molecular weight is 470 g/mol. The molecule has 0 aromatic rings. The molecule has 3 N–H and O–H groups in total. The summed E-state index contributed by atoms with van der Waals surface area (Å²) in [5.74, 6) is 0.844. The van der Waals surface area contributed by atoms with Gasteiger partial charge in [-0.2, -0.15) is 0 Å². The van der Waals surface area contributed by atoms with Gasteiger partial charge in [0, 0.05) is 38.8 Å². The maximum absolute atomic E-state index is 9.29. The van der Waals surface area contributed by atoms with Crippen molar-refractivity contribution >= 4 is 29.9 Å². The van der Waals surface area contributed by atoms with Crippen LogP contribution in [0, 0.1) is 5.41 Å². The minimum Gasteiger partial charge on any atom is -0.396 e. The van der Waals surface area contributed by atoms with Crippen LogP contribution in [0.15, 0.2) is 4.99 Å². The minimum absolute atomic E-state index is 0. The number of rotatable bonds is 12. The Kier molecular flexibility index (Phi) is 14.9. The number of aliphatic hydroxyl groups is 1. The Labute approximate surface area is 171 Å². The van der Waals surface area contributed by atoms with E-state index in [1.54, 1.807) is 7.05 Å². The summed E-state index contributed by atoms with van der Waals surface area (Å²) in [4.78, 5) is 6.84. The van der Waals surface area contributed by atoms with E-state index in [2.05, 4.69) is 34.4 Å². The summed E-state index contributed by atoms with van der Waals surface area (Å²) in [6, 6.07) is 0. The van der Waals surface area contributed by atoms with E-state index in [0.29, 0.717) is 0 Å². The van der Waals surface area contributed by atoms with Gasteiger partial charge in [-0.3, -0.25) is 4.99 Å². The van der Waals surface area contributed by atoms with Gasteiger partial charge in [-0.15, -0.1) is 24.0 Å². The molecule has 0 amide bonds. The summed E-state index contributed by atoms with van der Waals surface area (Å²) in [6.45, 7) is 11.4. The van der Waals surface area contributed by atoms with Gasteiger partial charge in [0.15, 0.2) is 5.96 Å². The third-order valence-electron chi connectivity index (χ3n) is 4.70. The molecule has 0 aromatic heterocycles. The number of halogens is 1. The average Bonchev–Trinajstić information content (AvgIpc) is 3.03. The second kappa shape index (κ2) is 15.0. The first-order chi connectivity index (χ1) is 11.7. The molecular formula is C18H39IN4O2. The monoisotopic (exact) mass is 470 g/mol. The van der Waals surface area contributed by atoms with Crippen molar-refractivity contribution in [3.05, 3.63) is 0 Å². The van der Waals surface area contributed by atoms with E-state index in [4.69, 9.17) is 4.74 Å². The molecule has 1 rings (SSSR count). The van der Waals surface area contributed by atoms with E-state index in [0.717, 1.165) is 58.1 Å². The highest BCUT2D eigenvalue weighted by Crippen LogP contribution is 2.31. The van der Waals surface area contributed by atoms with Crippen LogP contribution in [-0.4, -0.2) is 75.6 Å². The summed E-state index contributed by atoms with van der Waals surface area (Å²) >= 11 is 0. The Morgan fingerprint density at radius 3 is 2.44 bits per heavy atom. The normalized spacial score (nSPS) is 20.6. The lowest BCUT2D eigenvalue weighted by Crippen LogP contribution is -2.45. The van der Waals surface area contributed by atoms with Crippen LogP contribution in [0.4, 0.5) is 0 Å². The van der Waals surface area contributed by atoms with Gasteiger partial charge in [0.25, 0.3) is 0 Å². The Morgan fingerprint density at radius 1 is 1.20 bits per heavy atom. The smallest absolute Gasteiger partial charge is 0.190 e. The molecule has 150 valence electrons. The third-order valence-corrected chi connectivity index (χ3v) is 4.70. The molecule has 0 aliphatic carbocycles. The first-order valence-electron chi connectivity index (χ1n) is 9.55. The predicted molar refractivity (Wildman–Crippen MR) is 116 cm³/mol. The topological polar surface area (TPSA) is 69.1 Å². The zero-order valence-corrected chi connectivity index (χ0v) is 18.7. The van der Waals surface area contributed by atoms with Gasteiger partial charge >= 0.3 is 0 Å². The summed E-state index contributed by atoms with van der Waals surface area (Å²) < 4.78 is 5.53. The van der Waals surface area contributed by atoms with Gasteiger partial charge in [-0.05, 0) is 51.7 Å². The molecule has 1 aliphatic rings. The predicted octanol–water partition coefficient (Wildman–Crippen LogP) is 2.07. The standard InChI is InChI=1S/C18H38N4O2.HI/c1-4-10-22(11-5-2)12-6-9-20-17(19-3)21-15-18(7-13-23)8-14-24-16-18;/h23H,4-16H2,1-3H3,(H2,19,20,21);1H. The Balaban J connectivity index is 0.00000576.